The first-order chi connectivity index (χ1) is 29.6. The van der Waals surface area contributed by atoms with Crippen molar-refractivity contribution in [2.45, 2.75) is 19.3 Å². The number of para-hydroxylation sites is 5. The SMILES string of the molecule is Cc1ccc(N(c2ccccc2)c2ccc3c(c2)C2(c4cc(N(c5ccccc5)c5ccc(C)cc5)ccc4-3)c3ccccc3-n3c4ccccc4c4cccc2c43)cc1. The van der Waals surface area contributed by atoms with E-state index in [0.29, 0.717) is 0 Å². The number of anilines is 6. The van der Waals surface area contributed by atoms with Crippen LogP contribution in [-0.4, -0.2) is 4.57 Å². The first-order valence-corrected chi connectivity index (χ1v) is 20.9. The number of hydrogen-bond donors (Lipinski definition) is 0. The standard InChI is InChI=1S/C57H41N3/c1-38-24-28-42(29-25-38)58(40-14-5-3-6-15-40)44-32-34-46-47-35-33-45(59(41-16-7-4-8-17-41)43-30-26-39(2)27-31-43)37-53(47)57(52(46)36-44)50-20-10-12-23-55(50)60-54-22-11-9-18-48(54)49-19-13-21-51(57)56(49)60/h3-37H,1-2H3. The van der Waals surface area contributed by atoms with E-state index < -0.39 is 5.41 Å². The van der Waals surface area contributed by atoms with Crippen molar-refractivity contribution in [3.05, 3.63) is 246 Å². The van der Waals surface area contributed by atoms with Crippen LogP contribution in [0.15, 0.2) is 212 Å². The van der Waals surface area contributed by atoms with Crippen molar-refractivity contribution in [2.24, 2.45) is 0 Å². The van der Waals surface area contributed by atoms with Crippen LogP contribution in [0, 0.1) is 13.8 Å². The summed E-state index contributed by atoms with van der Waals surface area (Å²) in [4.78, 5) is 4.81. The van der Waals surface area contributed by atoms with Crippen molar-refractivity contribution in [1.29, 1.82) is 0 Å². The molecule has 0 amide bonds. The molecule has 12 rings (SSSR count). The highest BCUT2D eigenvalue weighted by Gasteiger charge is 2.51. The highest BCUT2D eigenvalue weighted by atomic mass is 15.1. The number of aryl methyl sites for hydroxylation is 2. The fourth-order valence-corrected chi connectivity index (χ4v) is 10.3. The molecule has 0 saturated carbocycles. The molecule has 9 aromatic carbocycles. The van der Waals surface area contributed by atoms with Crippen LogP contribution in [0.2, 0.25) is 0 Å². The third-order valence-corrected chi connectivity index (χ3v) is 12.9. The molecule has 0 N–H and O–H groups in total. The molecule has 0 bridgehead atoms. The van der Waals surface area contributed by atoms with Gasteiger partial charge in [-0.2, -0.15) is 0 Å². The average molecular weight is 768 g/mol. The van der Waals surface area contributed by atoms with E-state index in [9.17, 15) is 0 Å². The fourth-order valence-electron chi connectivity index (χ4n) is 10.3. The molecule has 10 aromatic rings. The Morgan fingerprint density at radius 2 is 0.800 bits per heavy atom. The van der Waals surface area contributed by atoms with Gasteiger partial charge in [-0.1, -0.05) is 139 Å². The Bertz CT molecular complexity index is 3130. The van der Waals surface area contributed by atoms with Gasteiger partial charge in [0.25, 0.3) is 0 Å². The zero-order valence-corrected chi connectivity index (χ0v) is 33.5. The molecule has 1 spiro atoms. The van der Waals surface area contributed by atoms with Gasteiger partial charge in [-0.3, -0.25) is 0 Å². The zero-order valence-electron chi connectivity index (χ0n) is 33.5. The Kier molecular flexibility index (Phi) is 7.58. The van der Waals surface area contributed by atoms with E-state index >= 15 is 0 Å². The van der Waals surface area contributed by atoms with Gasteiger partial charge < -0.3 is 14.4 Å². The Labute approximate surface area is 350 Å². The highest BCUT2D eigenvalue weighted by molar-refractivity contribution is 6.13. The fraction of sp³-hybridized carbons (Fsp3) is 0.0526. The first-order valence-electron chi connectivity index (χ1n) is 20.9. The lowest BCUT2D eigenvalue weighted by Crippen LogP contribution is -2.33. The zero-order chi connectivity index (χ0) is 40.0. The number of nitrogens with zero attached hydrogens (tertiary/aromatic N) is 3. The number of benzene rings is 9. The molecular weight excluding hydrogens is 727 g/mol. The van der Waals surface area contributed by atoms with Crippen LogP contribution in [0.1, 0.15) is 33.4 Å². The monoisotopic (exact) mass is 767 g/mol. The van der Waals surface area contributed by atoms with Gasteiger partial charge >= 0.3 is 0 Å². The van der Waals surface area contributed by atoms with Crippen molar-refractivity contribution in [1.82, 2.24) is 4.57 Å². The third kappa shape index (κ3) is 4.90. The van der Waals surface area contributed by atoms with Crippen LogP contribution in [0.4, 0.5) is 34.1 Å². The predicted octanol–water partition coefficient (Wildman–Crippen LogP) is 15.0. The third-order valence-electron chi connectivity index (χ3n) is 12.9. The van der Waals surface area contributed by atoms with Crippen molar-refractivity contribution >= 4 is 55.9 Å². The van der Waals surface area contributed by atoms with Crippen molar-refractivity contribution in [2.75, 3.05) is 9.80 Å². The molecule has 3 nitrogen and oxygen atoms in total. The summed E-state index contributed by atoms with van der Waals surface area (Å²) in [5.41, 5.74) is 20.0. The Morgan fingerprint density at radius 3 is 1.38 bits per heavy atom. The van der Waals surface area contributed by atoms with Gasteiger partial charge in [0.05, 0.1) is 22.1 Å². The van der Waals surface area contributed by atoms with Crippen molar-refractivity contribution in [3.8, 4) is 16.8 Å². The molecule has 0 fully saturated rings. The van der Waals surface area contributed by atoms with E-state index in [2.05, 4.69) is 241 Å². The summed E-state index contributed by atoms with van der Waals surface area (Å²) in [6.07, 6.45) is 0. The van der Waals surface area contributed by atoms with Crippen LogP contribution in [-0.2, 0) is 5.41 Å². The van der Waals surface area contributed by atoms with Crippen molar-refractivity contribution in [3.63, 3.8) is 0 Å². The molecule has 0 saturated heterocycles. The summed E-state index contributed by atoms with van der Waals surface area (Å²) >= 11 is 0. The minimum atomic E-state index is -0.636. The molecule has 1 aliphatic heterocycles. The van der Waals surface area contributed by atoms with Gasteiger partial charge in [0.15, 0.2) is 0 Å². The first kappa shape index (κ1) is 34.4. The molecule has 0 unspecified atom stereocenters. The lowest BCUT2D eigenvalue weighted by molar-refractivity contribution is 0.748. The summed E-state index contributed by atoms with van der Waals surface area (Å²) in [6, 6.07) is 78.8. The van der Waals surface area contributed by atoms with Crippen molar-refractivity contribution < 1.29 is 0 Å². The van der Waals surface area contributed by atoms with E-state index in [0.717, 1.165) is 34.1 Å². The van der Waals surface area contributed by atoms with E-state index in [1.165, 1.54) is 72.0 Å². The Balaban J connectivity index is 1.20. The maximum atomic E-state index is 2.52. The van der Waals surface area contributed by atoms with Crippen LogP contribution in [0.3, 0.4) is 0 Å². The molecule has 2 aliphatic rings. The van der Waals surface area contributed by atoms with Crippen LogP contribution < -0.4 is 9.80 Å². The van der Waals surface area contributed by atoms with Gasteiger partial charge in [0.2, 0.25) is 0 Å². The van der Waals surface area contributed by atoms with Crippen LogP contribution >= 0.6 is 0 Å². The lowest BCUT2D eigenvalue weighted by atomic mass is 9.65. The summed E-state index contributed by atoms with van der Waals surface area (Å²) in [5.74, 6) is 0. The molecule has 60 heavy (non-hydrogen) atoms. The lowest BCUT2D eigenvalue weighted by Gasteiger charge is -2.40. The quantitative estimate of drug-likeness (QED) is 0.167. The van der Waals surface area contributed by atoms with Gasteiger partial charge in [-0.15, -0.1) is 0 Å². The second-order valence-corrected chi connectivity index (χ2v) is 16.3. The normalized spacial score (nSPS) is 13.0. The Morgan fingerprint density at radius 1 is 0.350 bits per heavy atom. The van der Waals surface area contributed by atoms with Crippen LogP contribution in [0.5, 0.6) is 0 Å². The second-order valence-electron chi connectivity index (χ2n) is 16.3. The molecule has 0 radical (unpaired) electrons. The number of hydrogen-bond acceptors (Lipinski definition) is 2. The predicted molar refractivity (Wildman–Crippen MR) is 250 cm³/mol. The molecule has 3 heteroatoms. The highest BCUT2D eigenvalue weighted by Crippen LogP contribution is 2.62. The Hall–Kier alpha value is -7.62. The average Bonchev–Trinajstić information content (AvgIpc) is 3.79. The van der Waals surface area contributed by atoms with Gasteiger partial charge in [0, 0.05) is 44.9 Å². The summed E-state index contributed by atoms with van der Waals surface area (Å²) < 4.78 is 2.52. The smallest absolute Gasteiger partial charge is 0.0756 e. The molecule has 284 valence electrons. The van der Waals surface area contributed by atoms with E-state index in [4.69, 9.17) is 0 Å². The summed E-state index contributed by atoms with van der Waals surface area (Å²) in [6.45, 7) is 4.30. The molecular formula is C57H41N3. The molecule has 1 aliphatic carbocycles. The van der Waals surface area contributed by atoms with Gasteiger partial charge in [0.1, 0.15) is 0 Å². The van der Waals surface area contributed by atoms with Gasteiger partial charge in [-0.05, 0) is 132 Å². The van der Waals surface area contributed by atoms with E-state index in [1.54, 1.807) is 0 Å². The number of aromatic nitrogens is 1. The second kappa shape index (κ2) is 13.2. The summed E-state index contributed by atoms with van der Waals surface area (Å²) in [7, 11) is 0. The minimum Gasteiger partial charge on any atom is -0.310 e. The number of fused-ring (bicyclic) bond motifs is 12. The minimum absolute atomic E-state index is 0.636. The topological polar surface area (TPSA) is 11.4 Å². The summed E-state index contributed by atoms with van der Waals surface area (Å²) in [5, 5.41) is 2.54. The van der Waals surface area contributed by atoms with E-state index in [1.807, 2.05) is 0 Å². The number of rotatable bonds is 6. The maximum Gasteiger partial charge on any atom is 0.0756 e. The van der Waals surface area contributed by atoms with Gasteiger partial charge in [-0.25, -0.2) is 0 Å². The maximum absolute atomic E-state index is 2.52. The molecule has 2 heterocycles. The molecule has 0 atom stereocenters. The molecule has 1 aromatic heterocycles. The van der Waals surface area contributed by atoms with Crippen LogP contribution in [0.25, 0.3) is 38.6 Å². The largest absolute Gasteiger partial charge is 0.310 e. The van der Waals surface area contributed by atoms with E-state index in [-0.39, 0.29) is 0 Å².